The van der Waals surface area contributed by atoms with Crippen LogP contribution in [-0.2, 0) is 4.79 Å². The van der Waals surface area contributed by atoms with Crippen molar-refractivity contribution in [2.45, 2.75) is 75.4 Å². The number of nitrogens with one attached hydrogen (secondary N) is 3. The van der Waals surface area contributed by atoms with Gasteiger partial charge in [0.2, 0.25) is 5.91 Å². The number of thioether (sulfide) groups is 1. The van der Waals surface area contributed by atoms with Crippen LogP contribution in [0.25, 0.3) is 0 Å². The second kappa shape index (κ2) is 7.65. The molecule has 7 nitrogen and oxygen atoms in total. The van der Waals surface area contributed by atoms with E-state index in [9.17, 15) is 9.90 Å². The summed E-state index contributed by atoms with van der Waals surface area (Å²) in [5, 5.41) is 26.0. The number of hydrogen-bond donors (Lipinski definition) is 4. The molecule has 0 aromatic carbocycles. The van der Waals surface area contributed by atoms with Crippen LogP contribution in [-0.4, -0.2) is 69.8 Å². The monoisotopic (exact) mass is 395 g/mol. The lowest BCUT2D eigenvalue weighted by Gasteiger charge is -2.47. The van der Waals surface area contributed by atoms with E-state index in [1.54, 1.807) is 11.8 Å². The SMILES string of the molecule is CSC1NCC2C(=O)N3C/C(C)=C\CC[C@@](C)(O)C4CCCC(N4)N3C2N1. The number of rotatable bonds is 1. The first-order valence-electron chi connectivity index (χ1n) is 10.2. The molecule has 1 amide bonds. The highest BCUT2D eigenvalue weighted by molar-refractivity contribution is 7.99. The largest absolute Gasteiger partial charge is 0.389 e. The van der Waals surface area contributed by atoms with Gasteiger partial charge < -0.3 is 5.11 Å². The third-order valence-corrected chi connectivity index (χ3v) is 7.35. The van der Waals surface area contributed by atoms with Gasteiger partial charge in [0.05, 0.1) is 30.4 Å². The maximum absolute atomic E-state index is 13.2. The quantitative estimate of drug-likeness (QED) is 0.489. The van der Waals surface area contributed by atoms with E-state index in [1.165, 1.54) is 5.57 Å². The van der Waals surface area contributed by atoms with Gasteiger partial charge in [-0.2, -0.15) is 5.01 Å². The third-order valence-electron chi connectivity index (χ3n) is 6.57. The van der Waals surface area contributed by atoms with Crippen LogP contribution in [0.5, 0.6) is 0 Å². The molecule has 4 N–H and O–H groups in total. The molecule has 8 heteroatoms. The first-order chi connectivity index (χ1) is 12.9. The molecule has 4 aliphatic rings. The van der Waals surface area contributed by atoms with Gasteiger partial charge in [0.15, 0.2) is 0 Å². The van der Waals surface area contributed by atoms with Gasteiger partial charge in [-0.25, -0.2) is 0 Å². The van der Waals surface area contributed by atoms with Crippen LogP contribution < -0.4 is 16.0 Å². The van der Waals surface area contributed by atoms with Crippen LogP contribution in [0.1, 0.15) is 46.0 Å². The highest BCUT2D eigenvalue weighted by Crippen LogP contribution is 2.35. The molecule has 0 aromatic rings. The topological polar surface area (TPSA) is 79.9 Å². The number of fused-ring (bicyclic) bond motifs is 6. The van der Waals surface area contributed by atoms with Crippen molar-refractivity contribution in [2.75, 3.05) is 19.3 Å². The summed E-state index contributed by atoms with van der Waals surface area (Å²) >= 11 is 1.73. The number of carbonyl (C=O) groups excluding carboxylic acids is 1. The van der Waals surface area contributed by atoms with Crippen molar-refractivity contribution in [3.8, 4) is 0 Å². The highest BCUT2D eigenvalue weighted by atomic mass is 32.2. The van der Waals surface area contributed by atoms with Crippen LogP contribution in [0.2, 0.25) is 0 Å². The summed E-state index contributed by atoms with van der Waals surface area (Å²) in [4.78, 5) is 13.2. The molecule has 4 aliphatic heterocycles. The Morgan fingerprint density at radius 2 is 2.15 bits per heavy atom. The fourth-order valence-electron chi connectivity index (χ4n) is 4.99. The molecule has 4 heterocycles. The maximum Gasteiger partial charge on any atom is 0.244 e. The van der Waals surface area contributed by atoms with Crippen molar-refractivity contribution in [3.05, 3.63) is 11.6 Å². The molecule has 6 atom stereocenters. The average molecular weight is 396 g/mol. The minimum Gasteiger partial charge on any atom is -0.389 e. The second-order valence-corrected chi connectivity index (χ2v) is 9.57. The average Bonchev–Trinajstić information content (AvgIpc) is 2.92. The molecular weight excluding hydrogens is 362 g/mol. The predicted octanol–water partition coefficient (Wildman–Crippen LogP) is 0.787. The van der Waals surface area contributed by atoms with Crippen LogP contribution in [0.4, 0.5) is 0 Å². The van der Waals surface area contributed by atoms with E-state index in [2.05, 4.69) is 40.2 Å². The van der Waals surface area contributed by atoms with Crippen molar-refractivity contribution in [3.63, 3.8) is 0 Å². The highest BCUT2D eigenvalue weighted by Gasteiger charge is 2.52. The van der Waals surface area contributed by atoms with E-state index < -0.39 is 5.60 Å². The van der Waals surface area contributed by atoms with Crippen molar-refractivity contribution < 1.29 is 9.90 Å². The molecule has 3 fully saturated rings. The Morgan fingerprint density at radius 3 is 2.93 bits per heavy atom. The number of hydrogen-bond acceptors (Lipinski definition) is 7. The standard InChI is InChI=1S/C19H33N5O2S/c1-12-6-5-9-19(2,26)14-7-4-8-15(21-14)24-16-13(17(25)23(24)11-12)10-20-18(22-16)27-3/h6,13-16,18,20-22,26H,4-5,7-11H2,1-3H3/b12-6-/t13?,14?,15?,16?,18?,19-/m1/s1. The molecule has 4 rings (SSSR count). The normalized spacial score (nSPS) is 45.5. The molecule has 0 aliphatic carbocycles. The van der Waals surface area contributed by atoms with Gasteiger partial charge in [-0.3, -0.25) is 25.8 Å². The summed E-state index contributed by atoms with van der Waals surface area (Å²) < 4.78 is 0. The Bertz CT molecular complexity index is 613. The zero-order valence-electron chi connectivity index (χ0n) is 16.6. The number of allylic oxidation sites excluding steroid dienone is 1. The van der Waals surface area contributed by atoms with Gasteiger partial charge in [-0.15, -0.1) is 11.8 Å². The summed E-state index contributed by atoms with van der Waals surface area (Å²) in [6.07, 6.45) is 8.92. The van der Waals surface area contributed by atoms with Crippen LogP contribution in [0.3, 0.4) is 0 Å². The molecule has 5 unspecified atom stereocenters. The van der Waals surface area contributed by atoms with Crippen molar-refractivity contribution in [1.82, 2.24) is 26.0 Å². The zero-order chi connectivity index (χ0) is 19.2. The lowest BCUT2D eigenvalue weighted by Crippen LogP contribution is -2.67. The van der Waals surface area contributed by atoms with Gasteiger partial charge in [-0.05, 0) is 52.2 Å². The lowest BCUT2D eigenvalue weighted by molar-refractivity contribution is -0.147. The van der Waals surface area contributed by atoms with Crippen molar-refractivity contribution >= 4 is 17.7 Å². The zero-order valence-corrected chi connectivity index (χ0v) is 17.4. The molecular formula is C19H33N5O2S. The first kappa shape index (κ1) is 19.7. The molecule has 2 bridgehead atoms. The Kier molecular flexibility index (Phi) is 5.57. The summed E-state index contributed by atoms with van der Waals surface area (Å²) in [5.41, 5.74) is 0.599. The Labute approximate surface area is 166 Å². The minimum absolute atomic E-state index is 0.00838. The fraction of sp³-hybridized carbons (Fsp3) is 0.842. The number of amides is 1. The van der Waals surface area contributed by atoms with Gasteiger partial charge in [0, 0.05) is 12.6 Å². The molecule has 27 heavy (non-hydrogen) atoms. The maximum atomic E-state index is 13.2. The number of carbonyl (C=O) groups is 1. The number of hydrazine groups is 1. The van der Waals surface area contributed by atoms with Crippen molar-refractivity contribution in [2.24, 2.45) is 5.92 Å². The van der Waals surface area contributed by atoms with E-state index in [0.717, 1.165) is 32.1 Å². The summed E-state index contributed by atoms with van der Waals surface area (Å²) in [7, 11) is 0. The lowest BCUT2D eigenvalue weighted by atomic mass is 9.85. The molecule has 152 valence electrons. The van der Waals surface area contributed by atoms with Crippen LogP contribution >= 0.6 is 11.8 Å². The van der Waals surface area contributed by atoms with Crippen LogP contribution in [0.15, 0.2) is 11.6 Å². The third kappa shape index (κ3) is 3.68. The summed E-state index contributed by atoms with van der Waals surface area (Å²) in [6, 6.07) is 0.0529. The van der Waals surface area contributed by atoms with Gasteiger partial charge in [0.25, 0.3) is 0 Å². The van der Waals surface area contributed by atoms with Gasteiger partial charge >= 0.3 is 0 Å². The number of aliphatic hydroxyl groups is 1. The summed E-state index contributed by atoms with van der Waals surface area (Å²) in [6.45, 7) is 5.38. The number of piperidine rings is 1. The Morgan fingerprint density at radius 1 is 1.33 bits per heavy atom. The molecule has 0 spiro atoms. The summed E-state index contributed by atoms with van der Waals surface area (Å²) in [5.74, 6) is 0.120. The van der Waals surface area contributed by atoms with E-state index in [1.807, 2.05) is 11.9 Å². The molecule has 0 radical (unpaired) electrons. The van der Waals surface area contributed by atoms with Gasteiger partial charge in [-0.1, -0.05) is 11.6 Å². The smallest absolute Gasteiger partial charge is 0.244 e. The first-order valence-corrected chi connectivity index (χ1v) is 11.5. The van der Waals surface area contributed by atoms with E-state index in [-0.39, 0.29) is 35.7 Å². The number of nitrogens with zero attached hydrogens (tertiary/aromatic N) is 2. The Hall–Kier alpha value is -0.640. The molecule has 0 saturated carbocycles. The molecule has 0 aromatic heterocycles. The second-order valence-electron chi connectivity index (χ2n) is 8.63. The van der Waals surface area contributed by atoms with E-state index in [0.29, 0.717) is 13.1 Å². The van der Waals surface area contributed by atoms with E-state index in [4.69, 9.17) is 0 Å². The minimum atomic E-state index is -0.739. The predicted molar refractivity (Wildman–Crippen MR) is 107 cm³/mol. The van der Waals surface area contributed by atoms with E-state index >= 15 is 0 Å². The van der Waals surface area contributed by atoms with Gasteiger partial charge in [0.1, 0.15) is 5.50 Å². The fourth-order valence-corrected chi connectivity index (χ4v) is 5.52. The van der Waals surface area contributed by atoms with Crippen molar-refractivity contribution in [1.29, 1.82) is 0 Å². The Balaban J connectivity index is 1.68. The van der Waals surface area contributed by atoms with Crippen LogP contribution in [0, 0.1) is 5.92 Å². The molecule has 3 saturated heterocycles.